The van der Waals surface area contributed by atoms with Crippen molar-refractivity contribution in [2.75, 3.05) is 0 Å². The van der Waals surface area contributed by atoms with Gasteiger partial charge in [0.25, 0.3) is 0 Å². The fourth-order valence-electron chi connectivity index (χ4n) is 1.34. The van der Waals surface area contributed by atoms with Crippen LogP contribution in [-0.4, -0.2) is 27.9 Å². The molecule has 0 saturated heterocycles. The van der Waals surface area contributed by atoms with Crippen LogP contribution in [0.15, 0.2) is 30.3 Å². The lowest BCUT2D eigenvalue weighted by Crippen LogP contribution is -2.44. The molecule has 1 amide bonds. The molecule has 1 aromatic carbocycles. The van der Waals surface area contributed by atoms with Gasteiger partial charge in [-0.05, 0) is 12.5 Å². The Bertz CT molecular complexity index is 392. The fraction of sp³-hybridized carbons (Fsp3) is 0.333. The second-order valence-corrected chi connectivity index (χ2v) is 5.08. The highest BCUT2D eigenvalue weighted by Gasteiger charge is 2.21. The molecule has 4 nitrogen and oxygen atoms in total. The molecule has 0 unspecified atom stereocenters. The quantitative estimate of drug-likeness (QED) is 0.811. The van der Waals surface area contributed by atoms with Gasteiger partial charge < -0.3 is 10.4 Å². The summed E-state index contributed by atoms with van der Waals surface area (Å²) in [6.07, 6.45) is 0.279. The number of benzene rings is 1. The largest absolute Gasteiger partial charge is 0.480 e. The zero-order chi connectivity index (χ0) is 12.8. The Kier molecular flexibility index (Phi) is 5.15. The van der Waals surface area contributed by atoms with Crippen molar-refractivity contribution < 1.29 is 14.7 Å². The Morgan fingerprint density at radius 1 is 1.35 bits per heavy atom. The van der Waals surface area contributed by atoms with Crippen molar-refractivity contribution in [3.8, 4) is 0 Å². The Morgan fingerprint density at radius 2 is 1.94 bits per heavy atom. The summed E-state index contributed by atoms with van der Waals surface area (Å²) in [6, 6.07) is 8.30. The number of nitrogens with one attached hydrogen (secondary N) is 1. The van der Waals surface area contributed by atoms with E-state index in [1.54, 1.807) is 6.92 Å². The molecule has 0 saturated carbocycles. The smallest absolute Gasteiger partial charge is 0.326 e. The van der Waals surface area contributed by atoms with Gasteiger partial charge in [0.05, 0.1) is 4.83 Å². The molecule has 0 spiro atoms. The molecule has 0 radical (unpaired) electrons. The molecule has 1 rings (SSSR count). The van der Waals surface area contributed by atoms with Crippen LogP contribution in [0.3, 0.4) is 0 Å². The van der Waals surface area contributed by atoms with Gasteiger partial charge in [-0.15, -0.1) is 0 Å². The van der Waals surface area contributed by atoms with Gasteiger partial charge in [-0.1, -0.05) is 46.3 Å². The van der Waals surface area contributed by atoms with E-state index in [0.717, 1.165) is 5.56 Å². The van der Waals surface area contributed by atoms with Crippen LogP contribution in [0.5, 0.6) is 0 Å². The highest BCUT2D eigenvalue weighted by molar-refractivity contribution is 9.10. The molecule has 0 aliphatic rings. The van der Waals surface area contributed by atoms with E-state index in [9.17, 15) is 9.59 Å². The Morgan fingerprint density at radius 3 is 2.41 bits per heavy atom. The summed E-state index contributed by atoms with van der Waals surface area (Å²) in [7, 11) is 0. The number of carbonyl (C=O) groups is 2. The second kappa shape index (κ2) is 6.39. The molecular weight excluding hydrogens is 286 g/mol. The topological polar surface area (TPSA) is 66.4 Å². The highest BCUT2D eigenvalue weighted by Crippen LogP contribution is 2.05. The Labute approximate surface area is 108 Å². The van der Waals surface area contributed by atoms with Crippen molar-refractivity contribution in [2.24, 2.45) is 0 Å². The normalized spacial score (nSPS) is 13.8. The van der Waals surface area contributed by atoms with E-state index >= 15 is 0 Å². The van der Waals surface area contributed by atoms with Gasteiger partial charge in [-0.2, -0.15) is 0 Å². The monoisotopic (exact) mass is 299 g/mol. The fourth-order valence-corrected chi connectivity index (χ4v) is 1.47. The average molecular weight is 300 g/mol. The minimum Gasteiger partial charge on any atom is -0.480 e. The Balaban J connectivity index is 2.68. The first-order chi connectivity index (χ1) is 8.00. The highest BCUT2D eigenvalue weighted by atomic mass is 79.9. The number of rotatable bonds is 5. The van der Waals surface area contributed by atoms with E-state index in [1.807, 2.05) is 30.3 Å². The number of halogens is 1. The average Bonchev–Trinajstić information content (AvgIpc) is 2.29. The number of carbonyl (C=O) groups excluding carboxylic acids is 1. The van der Waals surface area contributed by atoms with E-state index in [-0.39, 0.29) is 12.3 Å². The maximum absolute atomic E-state index is 11.4. The van der Waals surface area contributed by atoms with E-state index in [4.69, 9.17) is 5.11 Å². The van der Waals surface area contributed by atoms with Crippen molar-refractivity contribution >= 4 is 27.8 Å². The summed E-state index contributed by atoms with van der Waals surface area (Å²) >= 11 is 3.10. The van der Waals surface area contributed by atoms with E-state index in [1.165, 1.54) is 0 Å². The zero-order valence-electron chi connectivity index (χ0n) is 9.39. The van der Waals surface area contributed by atoms with Crippen molar-refractivity contribution in [3.63, 3.8) is 0 Å². The number of carboxylic acids is 1. The lowest BCUT2D eigenvalue weighted by molar-refractivity contribution is -0.141. The van der Waals surface area contributed by atoms with Crippen molar-refractivity contribution in [3.05, 3.63) is 35.9 Å². The molecule has 17 heavy (non-hydrogen) atoms. The van der Waals surface area contributed by atoms with E-state index in [0.29, 0.717) is 0 Å². The molecule has 5 heteroatoms. The predicted molar refractivity (Wildman–Crippen MR) is 68.1 cm³/mol. The maximum atomic E-state index is 11.4. The molecule has 0 aromatic heterocycles. The lowest BCUT2D eigenvalue weighted by atomic mass is 10.1. The summed E-state index contributed by atoms with van der Waals surface area (Å²) < 4.78 is 0. The number of hydrogen-bond acceptors (Lipinski definition) is 2. The van der Waals surface area contributed by atoms with Crippen LogP contribution in [0.1, 0.15) is 12.5 Å². The van der Waals surface area contributed by atoms with Crippen LogP contribution in [0, 0.1) is 0 Å². The summed E-state index contributed by atoms with van der Waals surface area (Å²) in [5, 5.41) is 11.5. The van der Waals surface area contributed by atoms with Crippen LogP contribution in [0.4, 0.5) is 0 Å². The standard InChI is InChI=1S/C12H14BrNO3/c1-8(13)11(15)14-10(12(16)17)7-9-5-3-2-4-6-9/h2-6,8,10H,7H2,1H3,(H,14,15)(H,16,17)/t8-,10+/m0/s1. The van der Waals surface area contributed by atoms with Crippen LogP contribution in [0.25, 0.3) is 0 Å². The van der Waals surface area contributed by atoms with Crippen molar-refractivity contribution in [1.82, 2.24) is 5.32 Å². The van der Waals surface area contributed by atoms with Crippen LogP contribution in [0.2, 0.25) is 0 Å². The molecule has 92 valence electrons. The first-order valence-electron chi connectivity index (χ1n) is 5.22. The summed E-state index contributed by atoms with van der Waals surface area (Å²) in [5.74, 6) is -1.36. The summed E-state index contributed by atoms with van der Waals surface area (Å²) in [5.41, 5.74) is 0.877. The third-order valence-electron chi connectivity index (χ3n) is 2.26. The van der Waals surface area contributed by atoms with E-state index in [2.05, 4.69) is 21.2 Å². The minimum atomic E-state index is -1.03. The molecule has 2 atom stereocenters. The first kappa shape index (κ1) is 13.7. The van der Waals surface area contributed by atoms with Gasteiger partial charge >= 0.3 is 5.97 Å². The Hall–Kier alpha value is -1.36. The second-order valence-electron chi connectivity index (χ2n) is 3.71. The molecule has 0 fully saturated rings. The number of hydrogen-bond donors (Lipinski definition) is 2. The number of carboxylic acid groups (broad SMARTS) is 1. The minimum absolute atomic E-state index is 0.279. The summed E-state index contributed by atoms with van der Waals surface area (Å²) in [4.78, 5) is 22.1. The molecule has 0 heterocycles. The van der Waals surface area contributed by atoms with Gasteiger partial charge in [0.15, 0.2) is 0 Å². The van der Waals surface area contributed by atoms with Crippen LogP contribution < -0.4 is 5.32 Å². The van der Waals surface area contributed by atoms with Crippen LogP contribution in [-0.2, 0) is 16.0 Å². The molecule has 2 N–H and O–H groups in total. The third kappa shape index (κ3) is 4.56. The predicted octanol–water partition coefficient (Wildman–Crippen LogP) is 1.58. The third-order valence-corrected chi connectivity index (χ3v) is 2.67. The lowest BCUT2D eigenvalue weighted by Gasteiger charge is -2.15. The zero-order valence-corrected chi connectivity index (χ0v) is 11.0. The number of alkyl halides is 1. The van der Waals surface area contributed by atoms with Gasteiger partial charge in [-0.3, -0.25) is 4.79 Å². The molecule has 0 aliphatic carbocycles. The number of aliphatic carboxylic acids is 1. The van der Waals surface area contributed by atoms with Gasteiger partial charge in [-0.25, -0.2) is 4.79 Å². The molecular formula is C12H14BrNO3. The first-order valence-corrected chi connectivity index (χ1v) is 6.13. The SMILES string of the molecule is C[C@H](Br)C(=O)N[C@H](Cc1ccccc1)C(=O)O. The van der Waals surface area contributed by atoms with Crippen molar-refractivity contribution in [2.45, 2.75) is 24.2 Å². The van der Waals surface area contributed by atoms with Crippen LogP contribution >= 0.6 is 15.9 Å². The molecule has 1 aromatic rings. The summed E-state index contributed by atoms with van der Waals surface area (Å²) in [6.45, 7) is 1.65. The molecule has 0 bridgehead atoms. The number of amides is 1. The van der Waals surface area contributed by atoms with E-state index < -0.39 is 16.8 Å². The van der Waals surface area contributed by atoms with Crippen molar-refractivity contribution in [1.29, 1.82) is 0 Å². The van der Waals surface area contributed by atoms with Gasteiger partial charge in [0.1, 0.15) is 6.04 Å². The van der Waals surface area contributed by atoms with Gasteiger partial charge in [0, 0.05) is 6.42 Å². The maximum Gasteiger partial charge on any atom is 0.326 e. The van der Waals surface area contributed by atoms with Gasteiger partial charge in [0.2, 0.25) is 5.91 Å². The molecule has 0 aliphatic heterocycles.